The van der Waals surface area contributed by atoms with E-state index in [4.69, 9.17) is 9.57 Å². The van der Waals surface area contributed by atoms with Gasteiger partial charge in [0, 0.05) is 12.3 Å². The maximum atomic E-state index is 12.6. The molecular formula is C33H44N2O6. The first-order valence-electron chi connectivity index (χ1n) is 15.1. The van der Waals surface area contributed by atoms with Crippen LogP contribution in [0.4, 0.5) is 0 Å². The molecule has 4 aliphatic carbocycles. The first kappa shape index (κ1) is 29.3. The predicted octanol–water partition coefficient (Wildman–Crippen LogP) is 5.13. The lowest BCUT2D eigenvalue weighted by atomic mass is 9.46. The highest BCUT2D eigenvalue weighted by molar-refractivity contribution is 5.96. The average molecular weight is 565 g/mol. The molecule has 1 aromatic carbocycles. The summed E-state index contributed by atoms with van der Waals surface area (Å²) in [6.07, 6.45) is 11.0. The quantitative estimate of drug-likeness (QED) is 0.334. The SMILES string of the molecule is COC(=O)C(Cc1ccc(O)cc1)NC(=O)CON=C1C=C2CCC3C(CCC4(C)C(C(C)=O)CCC34)C2(C)CC1. The summed E-state index contributed by atoms with van der Waals surface area (Å²) >= 11 is 0. The van der Waals surface area contributed by atoms with Gasteiger partial charge < -0.3 is 20.0 Å². The summed E-state index contributed by atoms with van der Waals surface area (Å²) in [5, 5.41) is 16.5. The molecule has 5 rings (SSSR count). The van der Waals surface area contributed by atoms with Crippen molar-refractivity contribution < 1.29 is 29.1 Å². The molecule has 222 valence electrons. The van der Waals surface area contributed by atoms with Gasteiger partial charge in [0.15, 0.2) is 6.61 Å². The van der Waals surface area contributed by atoms with Crippen LogP contribution < -0.4 is 5.32 Å². The van der Waals surface area contributed by atoms with E-state index in [1.54, 1.807) is 19.1 Å². The summed E-state index contributed by atoms with van der Waals surface area (Å²) in [5.41, 5.74) is 3.39. The third kappa shape index (κ3) is 5.67. The van der Waals surface area contributed by atoms with Crippen molar-refractivity contribution in [1.82, 2.24) is 5.32 Å². The molecule has 7 atom stereocenters. The molecular weight excluding hydrogens is 520 g/mol. The summed E-state index contributed by atoms with van der Waals surface area (Å²) in [4.78, 5) is 42.7. The number of carbonyl (C=O) groups is 3. The van der Waals surface area contributed by atoms with Crippen molar-refractivity contribution in [2.45, 2.75) is 84.6 Å². The number of carbonyl (C=O) groups excluding carboxylic acids is 3. The lowest BCUT2D eigenvalue weighted by molar-refractivity contribution is -0.145. The van der Waals surface area contributed by atoms with Gasteiger partial charge in [-0.1, -0.05) is 36.7 Å². The van der Waals surface area contributed by atoms with Crippen LogP contribution in [0.1, 0.15) is 77.7 Å². The second-order valence-corrected chi connectivity index (χ2v) is 13.2. The Morgan fingerprint density at radius 2 is 1.80 bits per heavy atom. The molecule has 8 nitrogen and oxygen atoms in total. The second kappa shape index (κ2) is 11.6. The van der Waals surface area contributed by atoms with Crippen LogP contribution in [0.5, 0.6) is 5.75 Å². The van der Waals surface area contributed by atoms with E-state index in [-0.39, 0.29) is 35.5 Å². The first-order valence-corrected chi connectivity index (χ1v) is 15.1. The molecule has 2 N–H and O–H groups in total. The lowest BCUT2D eigenvalue weighted by Crippen LogP contribution is -2.51. The highest BCUT2D eigenvalue weighted by Gasteiger charge is 2.59. The number of nitrogens with one attached hydrogen (secondary N) is 1. The number of fused-ring (bicyclic) bond motifs is 5. The van der Waals surface area contributed by atoms with Gasteiger partial charge in [-0.2, -0.15) is 0 Å². The highest BCUT2D eigenvalue weighted by atomic mass is 16.6. The number of benzene rings is 1. The first-order chi connectivity index (χ1) is 19.5. The number of ketones is 1. The number of rotatable bonds is 8. The average Bonchev–Trinajstić information content (AvgIpc) is 3.31. The largest absolute Gasteiger partial charge is 0.508 e. The Hall–Kier alpha value is -3.16. The number of hydrogen-bond acceptors (Lipinski definition) is 7. The van der Waals surface area contributed by atoms with E-state index < -0.39 is 17.9 Å². The van der Waals surface area contributed by atoms with E-state index in [1.165, 1.54) is 44.1 Å². The number of esters is 1. The van der Waals surface area contributed by atoms with Gasteiger partial charge in [0.05, 0.1) is 12.8 Å². The number of allylic oxidation sites excluding steroid dienone is 2. The maximum absolute atomic E-state index is 12.6. The van der Waals surface area contributed by atoms with E-state index in [0.29, 0.717) is 23.5 Å². The maximum Gasteiger partial charge on any atom is 0.328 e. The minimum absolute atomic E-state index is 0.129. The molecule has 0 heterocycles. The van der Waals surface area contributed by atoms with Crippen molar-refractivity contribution >= 4 is 23.4 Å². The summed E-state index contributed by atoms with van der Waals surface area (Å²) in [6.45, 7) is 6.31. The summed E-state index contributed by atoms with van der Waals surface area (Å²) in [6, 6.07) is 5.58. The molecule has 0 aromatic heterocycles. The van der Waals surface area contributed by atoms with Gasteiger partial charge >= 0.3 is 5.97 Å². The third-order valence-corrected chi connectivity index (χ3v) is 11.0. The van der Waals surface area contributed by atoms with Crippen molar-refractivity contribution in [3.63, 3.8) is 0 Å². The van der Waals surface area contributed by atoms with E-state index in [9.17, 15) is 19.5 Å². The Morgan fingerprint density at radius 3 is 2.51 bits per heavy atom. The van der Waals surface area contributed by atoms with Gasteiger partial charge in [-0.25, -0.2) is 4.79 Å². The molecule has 3 saturated carbocycles. The van der Waals surface area contributed by atoms with Crippen molar-refractivity contribution in [2.75, 3.05) is 13.7 Å². The summed E-state index contributed by atoms with van der Waals surface area (Å²) in [5.74, 6) is 1.70. The Bertz CT molecular complexity index is 1240. The van der Waals surface area contributed by atoms with Crippen molar-refractivity contribution in [3.05, 3.63) is 41.5 Å². The number of ether oxygens (including phenoxy) is 1. The Balaban J connectivity index is 1.19. The molecule has 1 aromatic rings. The molecule has 1 amide bonds. The molecule has 8 heteroatoms. The minimum Gasteiger partial charge on any atom is -0.508 e. The number of methoxy groups -OCH3 is 1. The van der Waals surface area contributed by atoms with Crippen molar-refractivity contribution in [2.24, 2.45) is 39.7 Å². The zero-order valence-corrected chi connectivity index (χ0v) is 24.8. The number of aromatic hydroxyl groups is 1. The Morgan fingerprint density at radius 1 is 1.05 bits per heavy atom. The van der Waals surface area contributed by atoms with Crippen LogP contribution in [0.3, 0.4) is 0 Å². The molecule has 0 radical (unpaired) electrons. The van der Waals surface area contributed by atoms with Crippen molar-refractivity contribution in [1.29, 1.82) is 0 Å². The fourth-order valence-electron chi connectivity index (χ4n) is 8.92. The third-order valence-electron chi connectivity index (χ3n) is 11.0. The Kier molecular flexibility index (Phi) is 8.31. The number of oxime groups is 1. The van der Waals surface area contributed by atoms with Gasteiger partial charge in [-0.15, -0.1) is 0 Å². The zero-order valence-electron chi connectivity index (χ0n) is 24.8. The second-order valence-electron chi connectivity index (χ2n) is 13.2. The van der Waals surface area contributed by atoms with Gasteiger partial charge in [0.2, 0.25) is 0 Å². The van der Waals surface area contributed by atoms with Crippen LogP contribution in [-0.4, -0.2) is 48.2 Å². The number of hydrogen-bond donors (Lipinski definition) is 2. The van der Waals surface area contributed by atoms with Crippen LogP contribution >= 0.6 is 0 Å². The molecule has 7 unspecified atom stereocenters. The monoisotopic (exact) mass is 564 g/mol. The smallest absolute Gasteiger partial charge is 0.328 e. The van der Waals surface area contributed by atoms with Crippen molar-refractivity contribution in [3.8, 4) is 5.75 Å². The number of phenolic OH excluding ortho intramolecular Hbond substituents is 1. The van der Waals surface area contributed by atoms with E-state index in [1.807, 2.05) is 0 Å². The molecule has 0 aliphatic heterocycles. The standard InChI is InChI=1S/C33H44N2O6/c1-20(36)26-11-12-27-25-10-7-22-18-23(13-15-32(22,2)28(25)14-16-33(26,27)3)35-41-19-30(38)34-29(31(39)40-4)17-21-5-8-24(37)9-6-21/h5-6,8-9,18,25-29,37H,7,10-17,19H2,1-4H3,(H,34,38). The molecule has 3 fully saturated rings. The van der Waals surface area contributed by atoms with Crippen LogP contribution in [0, 0.1) is 34.5 Å². The highest BCUT2D eigenvalue weighted by Crippen LogP contribution is 2.66. The normalized spacial score (nSPS) is 34.0. The number of amides is 1. The van der Waals surface area contributed by atoms with Gasteiger partial charge in [0.1, 0.15) is 17.6 Å². The van der Waals surface area contributed by atoms with Crippen LogP contribution in [0.15, 0.2) is 41.1 Å². The molecule has 0 saturated heterocycles. The van der Waals surface area contributed by atoms with Crippen LogP contribution in [0.2, 0.25) is 0 Å². The van der Waals surface area contributed by atoms with E-state index in [2.05, 4.69) is 30.4 Å². The van der Waals surface area contributed by atoms with Gasteiger partial charge in [0.25, 0.3) is 5.91 Å². The number of Topliss-reactive ketones (excluding diaryl/α,β-unsaturated/α-hetero) is 1. The molecule has 0 bridgehead atoms. The molecule has 4 aliphatic rings. The summed E-state index contributed by atoms with van der Waals surface area (Å²) < 4.78 is 4.86. The minimum atomic E-state index is -0.871. The number of phenols is 1. The molecule has 41 heavy (non-hydrogen) atoms. The van der Waals surface area contributed by atoms with E-state index in [0.717, 1.165) is 43.4 Å². The fourth-order valence-corrected chi connectivity index (χ4v) is 8.92. The van der Waals surface area contributed by atoms with E-state index >= 15 is 0 Å². The van der Waals surface area contributed by atoms with Crippen LogP contribution in [0.25, 0.3) is 0 Å². The van der Waals surface area contributed by atoms with Gasteiger partial charge in [-0.05, 0) is 111 Å². The molecule has 0 spiro atoms. The number of nitrogens with zero attached hydrogens (tertiary/aromatic N) is 1. The summed E-state index contributed by atoms with van der Waals surface area (Å²) in [7, 11) is 1.28. The zero-order chi connectivity index (χ0) is 29.4. The van der Waals surface area contributed by atoms with Gasteiger partial charge in [-0.3, -0.25) is 9.59 Å². The Labute approximate surface area is 242 Å². The predicted molar refractivity (Wildman–Crippen MR) is 155 cm³/mol. The topological polar surface area (TPSA) is 114 Å². The van der Waals surface area contributed by atoms with Crippen LogP contribution in [-0.2, 0) is 30.4 Å². The fraction of sp³-hybridized carbons (Fsp3) is 0.636. The lowest BCUT2D eigenvalue weighted by Gasteiger charge is -2.58.